The van der Waals surface area contributed by atoms with Crippen LogP contribution >= 0.6 is 24.0 Å². The Hall–Kier alpha value is -2.61. The van der Waals surface area contributed by atoms with E-state index in [1.165, 1.54) is 5.56 Å². The van der Waals surface area contributed by atoms with Crippen molar-refractivity contribution in [1.29, 1.82) is 0 Å². The summed E-state index contributed by atoms with van der Waals surface area (Å²) in [6.07, 6.45) is 1.81. The first-order valence-corrected chi connectivity index (χ1v) is 8.86. The minimum Gasteiger partial charge on any atom is -0.497 e. The van der Waals surface area contributed by atoms with Crippen molar-refractivity contribution >= 4 is 29.9 Å². The van der Waals surface area contributed by atoms with Crippen molar-refractivity contribution in [3.63, 3.8) is 0 Å². The number of ether oxygens (including phenoxy) is 1. The third kappa shape index (κ3) is 6.23. The first-order valence-electron chi connectivity index (χ1n) is 8.86. The molecule has 0 aliphatic heterocycles. The van der Waals surface area contributed by atoms with Crippen LogP contribution in [0.2, 0.25) is 0 Å². The highest BCUT2D eigenvalue weighted by atomic mass is 127. The smallest absolute Gasteiger partial charge is 0.191 e. The van der Waals surface area contributed by atoms with E-state index in [9.17, 15) is 0 Å². The first kappa shape index (κ1) is 21.7. The fourth-order valence-corrected chi connectivity index (χ4v) is 2.75. The van der Waals surface area contributed by atoms with E-state index >= 15 is 0 Å². The molecular formula is C22H25IN4O. The molecule has 0 spiro atoms. The quantitative estimate of drug-likeness (QED) is 0.310. The Balaban J connectivity index is 0.00000280. The number of hydrogen-bond donors (Lipinski definition) is 2. The molecule has 2 N–H and O–H groups in total. The number of nitrogens with one attached hydrogen (secondary N) is 2. The van der Waals surface area contributed by atoms with Crippen LogP contribution in [0.25, 0.3) is 11.3 Å². The van der Waals surface area contributed by atoms with Crippen molar-refractivity contribution in [1.82, 2.24) is 15.6 Å². The van der Waals surface area contributed by atoms with Crippen LogP contribution in [0, 0.1) is 0 Å². The average Bonchev–Trinajstić information content (AvgIpc) is 2.75. The summed E-state index contributed by atoms with van der Waals surface area (Å²) in [5.41, 5.74) is 4.38. The second kappa shape index (κ2) is 11.3. The minimum absolute atomic E-state index is 0. The highest BCUT2D eigenvalue weighted by molar-refractivity contribution is 14.0. The van der Waals surface area contributed by atoms with E-state index in [-0.39, 0.29) is 24.0 Å². The van der Waals surface area contributed by atoms with Crippen molar-refractivity contribution in [2.75, 3.05) is 14.2 Å². The van der Waals surface area contributed by atoms with Gasteiger partial charge in [-0.1, -0.05) is 36.4 Å². The summed E-state index contributed by atoms with van der Waals surface area (Å²) in [5, 5.41) is 6.68. The van der Waals surface area contributed by atoms with Gasteiger partial charge in [0.2, 0.25) is 0 Å². The lowest BCUT2D eigenvalue weighted by Gasteiger charge is -2.13. The zero-order valence-electron chi connectivity index (χ0n) is 16.1. The Bertz CT molecular complexity index is 900. The number of hydrogen-bond acceptors (Lipinski definition) is 3. The third-order valence-electron chi connectivity index (χ3n) is 4.17. The molecule has 6 heteroatoms. The Kier molecular flexibility index (Phi) is 8.74. The van der Waals surface area contributed by atoms with Gasteiger partial charge in [0, 0.05) is 31.9 Å². The molecule has 5 nitrogen and oxygen atoms in total. The Morgan fingerprint density at radius 3 is 2.29 bits per heavy atom. The van der Waals surface area contributed by atoms with Crippen LogP contribution in [0.3, 0.4) is 0 Å². The Morgan fingerprint density at radius 2 is 1.64 bits per heavy atom. The number of rotatable bonds is 6. The maximum absolute atomic E-state index is 5.26. The number of benzene rings is 2. The van der Waals surface area contributed by atoms with Gasteiger partial charge in [0.25, 0.3) is 0 Å². The maximum atomic E-state index is 5.26. The van der Waals surface area contributed by atoms with Gasteiger partial charge in [-0.3, -0.25) is 9.98 Å². The van der Waals surface area contributed by atoms with Gasteiger partial charge in [0.15, 0.2) is 5.96 Å². The maximum Gasteiger partial charge on any atom is 0.191 e. The summed E-state index contributed by atoms with van der Waals surface area (Å²) in [6.45, 7) is 1.35. The standard InChI is InChI=1S/C22H24N4O.HI/c1-23-22(26-16-18-8-6-10-20(14-18)27-2)25-15-17-7-5-9-19(13-17)21-11-3-4-12-24-21;/h3-14H,15-16H2,1-2H3,(H2,23,25,26);1H. The molecule has 2 aromatic carbocycles. The monoisotopic (exact) mass is 488 g/mol. The molecule has 0 bridgehead atoms. The van der Waals surface area contributed by atoms with Crippen molar-refractivity contribution in [3.05, 3.63) is 84.1 Å². The molecule has 0 unspecified atom stereocenters. The topological polar surface area (TPSA) is 58.5 Å². The first-order chi connectivity index (χ1) is 13.3. The normalized spacial score (nSPS) is 10.7. The summed E-state index contributed by atoms with van der Waals surface area (Å²) in [5.74, 6) is 1.60. The van der Waals surface area contributed by atoms with Crippen molar-refractivity contribution in [2.24, 2.45) is 4.99 Å². The van der Waals surface area contributed by atoms with Gasteiger partial charge in [-0.2, -0.15) is 0 Å². The van der Waals surface area contributed by atoms with Crippen molar-refractivity contribution in [2.45, 2.75) is 13.1 Å². The molecule has 3 rings (SSSR count). The molecule has 0 saturated carbocycles. The van der Waals surface area contributed by atoms with E-state index in [2.05, 4.69) is 44.9 Å². The number of aliphatic imine (C=N–C) groups is 1. The Morgan fingerprint density at radius 1 is 0.929 bits per heavy atom. The van der Waals surface area contributed by atoms with Crippen molar-refractivity contribution in [3.8, 4) is 17.0 Å². The predicted molar refractivity (Wildman–Crippen MR) is 125 cm³/mol. The molecule has 0 amide bonds. The van der Waals surface area contributed by atoms with Gasteiger partial charge < -0.3 is 15.4 Å². The van der Waals surface area contributed by atoms with E-state index in [1.54, 1.807) is 14.2 Å². The highest BCUT2D eigenvalue weighted by Gasteiger charge is 2.03. The molecule has 146 valence electrons. The van der Waals surface area contributed by atoms with Gasteiger partial charge >= 0.3 is 0 Å². The number of methoxy groups -OCH3 is 1. The molecule has 0 saturated heterocycles. The number of aromatic nitrogens is 1. The second-order valence-electron chi connectivity index (χ2n) is 6.05. The number of nitrogens with zero attached hydrogens (tertiary/aromatic N) is 2. The lowest BCUT2D eigenvalue weighted by atomic mass is 10.1. The molecule has 3 aromatic rings. The average molecular weight is 488 g/mol. The van der Waals surface area contributed by atoms with Crippen LogP contribution in [0.4, 0.5) is 0 Å². The third-order valence-corrected chi connectivity index (χ3v) is 4.17. The lowest BCUT2D eigenvalue weighted by molar-refractivity contribution is 0.414. The van der Waals surface area contributed by atoms with Crippen molar-refractivity contribution < 1.29 is 4.74 Å². The molecule has 1 aromatic heterocycles. The molecule has 0 radical (unpaired) electrons. The summed E-state index contributed by atoms with van der Waals surface area (Å²) in [4.78, 5) is 8.70. The van der Waals surface area contributed by atoms with E-state index < -0.39 is 0 Å². The van der Waals surface area contributed by atoms with Crippen LogP contribution in [0.1, 0.15) is 11.1 Å². The van der Waals surface area contributed by atoms with Crippen LogP contribution < -0.4 is 15.4 Å². The minimum atomic E-state index is 0. The van der Waals surface area contributed by atoms with Gasteiger partial charge in [-0.25, -0.2) is 0 Å². The van der Waals surface area contributed by atoms with Crippen LogP contribution in [-0.2, 0) is 13.1 Å². The van der Waals surface area contributed by atoms with E-state index in [0.717, 1.165) is 28.5 Å². The predicted octanol–water partition coefficient (Wildman–Crippen LogP) is 4.24. The molecule has 0 fully saturated rings. The van der Waals surface area contributed by atoms with Crippen LogP contribution in [0.15, 0.2) is 77.9 Å². The van der Waals surface area contributed by atoms with Gasteiger partial charge in [0.05, 0.1) is 12.8 Å². The number of halogens is 1. The van der Waals surface area contributed by atoms with E-state index in [0.29, 0.717) is 13.1 Å². The summed E-state index contributed by atoms with van der Waals surface area (Å²) in [7, 11) is 3.44. The van der Waals surface area contributed by atoms with Crippen LogP contribution in [-0.4, -0.2) is 25.1 Å². The number of guanidine groups is 1. The molecule has 0 aliphatic rings. The van der Waals surface area contributed by atoms with E-state index in [4.69, 9.17) is 4.74 Å². The molecule has 1 heterocycles. The largest absolute Gasteiger partial charge is 0.497 e. The van der Waals surface area contributed by atoms with Gasteiger partial charge in [0.1, 0.15) is 5.75 Å². The van der Waals surface area contributed by atoms with Gasteiger partial charge in [-0.15, -0.1) is 24.0 Å². The summed E-state index contributed by atoms with van der Waals surface area (Å²) < 4.78 is 5.26. The molecule has 0 aliphatic carbocycles. The van der Waals surface area contributed by atoms with E-state index in [1.807, 2.05) is 48.7 Å². The SMILES string of the molecule is CN=C(NCc1cccc(OC)c1)NCc1cccc(-c2ccccn2)c1.I. The molecular weight excluding hydrogens is 463 g/mol. The summed E-state index contributed by atoms with van der Waals surface area (Å²) in [6, 6.07) is 22.3. The zero-order valence-corrected chi connectivity index (χ0v) is 18.4. The fourth-order valence-electron chi connectivity index (χ4n) is 2.75. The Labute approximate surface area is 183 Å². The fraction of sp³-hybridized carbons (Fsp3) is 0.182. The number of pyridine rings is 1. The van der Waals surface area contributed by atoms with Gasteiger partial charge in [-0.05, 0) is 41.5 Å². The molecule has 28 heavy (non-hydrogen) atoms. The second-order valence-corrected chi connectivity index (χ2v) is 6.05. The van der Waals surface area contributed by atoms with Crippen LogP contribution in [0.5, 0.6) is 5.75 Å². The molecule has 0 atom stereocenters. The summed E-state index contributed by atoms with van der Waals surface area (Å²) >= 11 is 0. The zero-order chi connectivity index (χ0) is 18.9. The highest BCUT2D eigenvalue weighted by Crippen LogP contribution is 2.17. The lowest BCUT2D eigenvalue weighted by Crippen LogP contribution is -2.36.